The molecule has 0 saturated carbocycles. The highest BCUT2D eigenvalue weighted by molar-refractivity contribution is 6.40. The van der Waals surface area contributed by atoms with Gasteiger partial charge in [-0.05, 0) is 18.5 Å². The average molecular weight is 324 g/mol. The van der Waals surface area contributed by atoms with Gasteiger partial charge in [-0.15, -0.1) is 0 Å². The van der Waals surface area contributed by atoms with Gasteiger partial charge in [0.15, 0.2) is 0 Å². The van der Waals surface area contributed by atoms with E-state index in [9.17, 15) is 9.59 Å². The Balaban J connectivity index is 1.64. The molecule has 1 aliphatic rings. The van der Waals surface area contributed by atoms with Gasteiger partial charge in [-0.3, -0.25) is 9.59 Å². The van der Waals surface area contributed by atoms with Crippen LogP contribution < -0.4 is 10.7 Å². The molecule has 0 spiro atoms. The molecule has 6 nitrogen and oxygen atoms in total. The summed E-state index contributed by atoms with van der Waals surface area (Å²) in [4.78, 5) is 26.2. The van der Waals surface area contributed by atoms with Crippen molar-refractivity contribution in [3.8, 4) is 0 Å². The monoisotopic (exact) mass is 324 g/mol. The first-order valence-corrected chi connectivity index (χ1v) is 7.96. The van der Waals surface area contributed by atoms with E-state index in [-0.39, 0.29) is 0 Å². The smallest absolute Gasteiger partial charge is 0.317 e. The highest BCUT2D eigenvalue weighted by Crippen LogP contribution is 2.22. The zero-order valence-electron chi connectivity index (χ0n) is 13.6. The van der Waals surface area contributed by atoms with Crippen LogP contribution in [0, 0.1) is 0 Å². The number of hydrogen-bond donors (Lipinski definition) is 2. The summed E-state index contributed by atoms with van der Waals surface area (Å²) in [5.41, 5.74) is 3.88. The third-order valence-electron chi connectivity index (χ3n) is 4.12. The number of amides is 2. The molecular formula is C18H20N4O2. The lowest BCUT2D eigenvalue weighted by Crippen LogP contribution is -2.35. The number of hydrazone groups is 1. The van der Waals surface area contributed by atoms with Crippen LogP contribution in [0.15, 0.2) is 47.6 Å². The maximum absolute atomic E-state index is 12.1. The van der Waals surface area contributed by atoms with Crippen LogP contribution in [0.5, 0.6) is 0 Å². The predicted molar refractivity (Wildman–Crippen MR) is 94.9 cm³/mol. The summed E-state index contributed by atoms with van der Waals surface area (Å²) in [6.07, 6.45) is 1.61. The molecule has 2 amide bonds. The second-order valence-corrected chi connectivity index (χ2v) is 5.90. The van der Waals surface area contributed by atoms with Crippen molar-refractivity contribution in [2.45, 2.75) is 12.8 Å². The number of carbonyl (C=O) groups excluding carboxylic acids is 2. The van der Waals surface area contributed by atoms with E-state index in [0.717, 1.165) is 42.4 Å². The molecule has 1 aliphatic heterocycles. The predicted octanol–water partition coefficient (Wildman–Crippen LogP) is 1.98. The highest BCUT2D eigenvalue weighted by atomic mass is 16.2. The van der Waals surface area contributed by atoms with Crippen molar-refractivity contribution in [2.75, 3.05) is 25.5 Å². The van der Waals surface area contributed by atoms with Crippen molar-refractivity contribution in [3.05, 3.63) is 42.5 Å². The molecule has 0 atom stereocenters. The lowest BCUT2D eigenvalue weighted by Gasteiger charge is -2.22. The summed E-state index contributed by atoms with van der Waals surface area (Å²) in [5.74, 6) is -1.47. The Morgan fingerprint density at radius 3 is 2.50 bits per heavy atom. The van der Waals surface area contributed by atoms with E-state index in [2.05, 4.69) is 20.7 Å². The molecule has 3 rings (SSSR count). The Kier molecular flexibility index (Phi) is 4.86. The van der Waals surface area contributed by atoms with Gasteiger partial charge in [0, 0.05) is 42.7 Å². The molecule has 124 valence electrons. The Hall–Kier alpha value is -2.73. The molecule has 0 aromatic heterocycles. The number of carbonyl (C=O) groups is 2. The van der Waals surface area contributed by atoms with Gasteiger partial charge < -0.3 is 10.2 Å². The number of piperidine rings is 1. The van der Waals surface area contributed by atoms with Gasteiger partial charge in [0.25, 0.3) is 0 Å². The van der Waals surface area contributed by atoms with E-state index in [1.165, 1.54) is 0 Å². The number of anilines is 1. The van der Waals surface area contributed by atoms with Gasteiger partial charge in [0.05, 0.1) is 0 Å². The molecular weight excluding hydrogens is 304 g/mol. The van der Waals surface area contributed by atoms with Crippen molar-refractivity contribution in [1.29, 1.82) is 0 Å². The van der Waals surface area contributed by atoms with Crippen LogP contribution in [0.4, 0.5) is 5.69 Å². The number of nitrogens with zero attached hydrogens (tertiary/aromatic N) is 2. The summed E-state index contributed by atoms with van der Waals surface area (Å²) in [6, 6.07) is 13.3. The minimum atomic E-state index is -0.755. The highest BCUT2D eigenvalue weighted by Gasteiger charge is 2.16. The first kappa shape index (κ1) is 16.1. The topological polar surface area (TPSA) is 73.8 Å². The van der Waals surface area contributed by atoms with E-state index in [4.69, 9.17) is 0 Å². The largest absolute Gasteiger partial charge is 0.329 e. The zero-order chi connectivity index (χ0) is 16.9. The average Bonchev–Trinajstić information content (AvgIpc) is 2.61. The fraction of sp³-hybridized carbons (Fsp3) is 0.278. The van der Waals surface area contributed by atoms with Crippen molar-refractivity contribution in [1.82, 2.24) is 10.3 Å². The minimum Gasteiger partial charge on any atom is -0.317 e. The van der Waals surface area contributed by atoms with Crippen LogP contribution in [0.2, 0.25) is 0 Å². The molecule has 1 heterocycles. The zero-order valence-corrected chi connectivity index (χ0v) is 13.6. The fourth-order valence-electron chi connectivity index (χ4n) is 2.68. The minimum absolute atomic E-state index is 0.611. The van der Waals surface area contributed by atoms with Crippen LogP contribution >= 0.6 is 0 Å². The summed E-state index contributed by atoms with van der Waals surface area (Å²) >= 11 is 0. The second kappa shape index (κ2) is 7.23. The molecule has 0 aliphatic carbocycles. The second-order valence-electron chi connectivity index (χ2n) is 5.90. The normalized spacial score (nSPS) is 15.1. The standard InChI is InChI=1S/C18H20N4O2/c1-22-11-9-14(10-12-22)20-21-18(24)17(23)19-16-8-4-6-13-5-2-3-7-15(13)16/h2-8H,9-12H2,1H3,(H,19,23)(H,21,24). The summed E-state index contributed by atoms with van der Waals surface area (Å²) in [6.45, 7) is 1.83. The quantitative estimate of drug-likeness (QED) is 0.655. The first-order chi connectivity index (χ1) is 11.6. The Morgan fingerprint density at radius 1 is 1.00 bits per heavy atom. The Bertz CT molecular complexity index is 785. The van der Waals surface area contributed by atoms with Crippen LogP contribution in [0.3, 0.4) is 0 Å². The number of rotatable bonds is 2. The van der Waals surface area contributed by atoms with Gasteiger partial charge in [-0.1, -0.05) is 36.4 Å². The maximum Gasteiger partial charge on any atom is 0.329 e. The van der Waals surface area contributed by atoms with E-state index in [1.54, 1.807) is 6.07 Å². The molecule has 0 unspecified atom stereocenters. The summed E-state index contributed by atoms with van der Waals surface area (Å²) in [5, 5.41) is 8.62. The van der Waals surface area contributed by atoms with Crippen molar-refractivity contribution >= 4 is 34.0 Å². The van der Waals surface area contributed by atoms with Crippen LogP contribution in [-0.4, -0.2) is 42.6 Å². The lowest BCUT2D eigenvalue weighted by atomic mass is 10.1. The van der Waals surface area contributed by atoms with Crippen molar-refractivity contribution < 1.29 is 9.59 Å². The van der Waals surface area contributed by atoms with E-state index >= 15 is 0 Å². The summed E-state index contributed by atoms with van der Waals surface area (Å²) < 4.78 is 0. The van der Waals surface area contributed by atoms with Gasteiger partial charge in [-0.25, -0.2) is 5.43 Å². The Morgan fingerprint density at radius 2 is 1.71 bits per heavy atom. The number of nitrogens with one attached hydrogen (secondary N) is 2. The number of likely N-dealkylation sites (tertiary alicyclic amines) is 1. The van der Waals surface area contributed by atoms with E-state index in [1.807, 2.05) is 43.4 Å². The molecule has 2 N–H and O–H groups in total. The first-order valence-electron chi connectivity index (χ1n) is 7.96. The van der Waals surface area contributed by atoms with E-state index < -0.39 is 11.8 Å². The van der Waals surface area contributed by atoms with E-state index in [0.29, 0.717) is 5.69 Å². The molecule has 24 heavy (non-hydrogen) atoms. The van der Waals surface area contributed by atoms with Gasteiger partial charge >= 0.3 is 11.8 Å². The molecule has 0 radical (unpaired) electrons. The van der Waals surface area contributed by atoms with Crippen molar-refractivity contribution in [2.24, 2.45) is 5.10 Å². The maximum atomic E-state index is 12.1. The van der Waals surface area contributed by atoms with Crippen LogP contribution in [-0.2, 0) is 9.59 Å². The van der Waals surface area contributed by atoms with Gasteiger partial charge in [0.2, 0.25) is 0 Å². The molecule has 1 fully saturated rings. The van der Waals surface area contributed by atoms with Gasteiger partial charge in [-0.2, -0.15) is 5.10 Å². The molecule has 6 heteroatoms. The number of benzene rings is 2. The molecule has 0 bridgehead atoms. The molecule has 2 aromatic carbocycles. The van der Waals surface area contributed by atoms with Crippen LogP contribution in [0.25, 0.3) is 10.8 Å². The van der Waals surface area contributed by atoms with Gasteiger partial charge in [0.1, 0.15) is 0 Å². The van der Waals surface area contributed by atoms with Crippen molar-refractivity contribution in [3.63, 3.8) is 0 Å². The number of fused-ring (bicyclic) bond motifs is 1. The Labute approximate surface area is 140 Å². The third-order valence-corrected chi connectivity index (χ3v) is 4.12. The SMILES string of the molecule is CN1CCC(=NNC(=O)C(=O)Nc2cccc3ccccc23)CC1. The molecule has 2 aromatic rings. The lowest BCUT2D eigenvalue weighted by molar-refractivity contribution is -0.136. The summed E-state index contributed by atoms with van der Waals surface area (Å²) in [7, 11) is 2.05. The fourth-order valence-corrected chi connectivity index (χ4v) is 2.68. The van der Waals surface area contributed by atoms with Crippen LogP contribution in [0.1, 0.15) is 12.8 Å². The number of hydrogen-bond acceptors (Lipinski definition) is 4. The third kappa shape index (κ3) is 3.78. The molecule has 1 saturated heterocycles.